The molecule has 0 bridgehead atoms. The second-order valence-electron chi connectivity index (χ2n) is 6.26. The van der Waals surface area contributed by atoms with Crippen LogP contribution in [0.25, 0.3) is 0 Å². The standard InChI is InChI=1S/C17H30N2S/c1-5-10-18-16(15-14(3)9-13-20-15)17(4,6-2)19-11-7-8-12-19/h9,13,16,18H,5-8,10-12H2,1-4H3. The van der Waals surface area contributed by atoms with Crippen molar-refractivity contribution in [1.82, 2.24) is 10.2 Å². The summed E-state index contributed by atoms with van der Waals surface area (Å²) >= 11 is 1.92. The molecule has 1 aliphatic heterocycles. The number of hydrogen-bond donors (Lipinski definition) is 1. The van der Waals surface area contributed by atoms with Crippen molar-refractivity contribution in [2.75, 3.05) is 19.6 Å². The van der Waals surface area contributed by atoms with E-state index in [4.69, 9.17) is 0 Å². The highest BCUT2D eigenvalue weighted by molar-refractivity contribution is 7.10. The van der Waals surface area contributed by atoms with E-state index in [1.807, 2.05) is 11.3 Å². The first-order chi connectivity index (χ1) is 9.63. The molecule has 1 N–H and O–H groups in total. The Morgan fingerprint density at radius 2 is 2.05 bits per heavy atom. The minimum Gasteiger partial charge on any atom is -0.308 e. The van der Waals surface area contributed by atoms with Crippen molar-refractivity contribution in [3.05, 3.63) is 21.9 Å². The van der Waals surface area contributed by atoms with Crippen molar-refractivity contribution in [1.29, 1.82) is 0 Å². The zero-order valence-electron chi connectivity index (χ0n) is 13.5. The average molecular weight is 295 g/mol. The highest BCUT2D eigenvalue weighted by atomic mass is 32.1. The number of rotatable bonds is 7. The van der Waals surface area contributed by atoms with Crippen LogP contribution >= 0.6 is 11.3 Å². The Bertz CT molecular complexity index is 409. The SMILES string of the molecule is CCCNC(c1sccc1C)C(C)(CC)N1CCCC1. The van der Waals surface area contributed by atoms with Crippen LogP contribution in [0.5, 0.6) is 0 Å². The molecule has 1 saturated heterocycles. The fourth-order valence-corrected chi connectivity index (χ4v) is 4.55. The second-order valence-corrected chi connectivity index (χ2v) is 7.21. The van der Waals surface area contributed by atoms with Crippen LogP contribution in [0.4, 0.5) is 0 Å². The van der Waals surface area contributed by atoms with E-state index >= 15 is 0 Å². The molecule has 0 aliphatic carbocycles. The smallest absolute Gasteiger partial charge is 0.0601 e. The van der Waals surface area contributed by atoms with Crippen LogP contribution in [0.15, 0.2) is 11.4 Å². The van der Waals surface area contributed by atoms with Crippen molar-refractivity contribution < 1.29 is 0 Å². The largest absolute Gasteiger partial charge is 0.308 e. The Balaban J connectivity index is 2.30. The van der Waals surface area contributed by atoms with Crippen molar-refractivity contribution >= 4 is 11.3 Å². The van der Waals surface area contributed by atoms with Gasteiger partial charge in [-0.1, -0.05) is 13.8 Å². The summed E-state index contributed by atoms with van der Waals surface area (Å²) in [6.07, 6.45) is 5.12. The van der Waals surface area contributed by atoms with Crippen LogP contribution in [0.2, 0.25) is 0 Å². The molecule has 0 amide bonds. The molecule has 2 heterocycles. The Kier molecular flexibility index (Phi) is 5.65. The van der Waals surface area contributed by atoms with Crippen molar-refractivity contribution in [2.45, 2.75) is 65.0 Å². The third kappa shape index (κ3) is 3.10. The molecular weight excluding hydrogens is 264 g/mol. The number of likely N-dealkylation sites (tertiary alicyclic amines) is 1. The zero-order valence-corrected chi connectivity index (χ0v) is 14.4. The average Bonchev–Trinajstić information content (AvgIpc) is 3.11. The molecule has 1 aromatic rings. The number of hydrogen-bond acceptors (Lipinski definition) is 3. The molecular formula is C17H30N2S. The molecule has 2 unspecified atom stereocenters. The number of aryl methyl sites for hydroxylation is 1. The van der Waals surface area contributed by atoms with Crippen molar-refractivity contribution in [3.63, 3.8) is 0 Å². The summed E-state index contributed by atoms with van der Waals surface area (Å²) in [5, 5.41) is 6.09. The summed E-state index contributed by atoms with van der Waals surface area (Å²) < 4.78 is 0. The van der Waals surface area contributed by atoms with E-state index in [-0.39, 0.29) is 5.54 Å². The van der Waals surface area contributed by atoms with Crippen LogP contribution in [-0.2, 0) is 0 Å². The molecule has 0 saturated carbocycles. The third-order valence-corrected chi connectivity index (χ3v) is 6.01. The summed E-state index contributed by atoms with van der Waals surface area (Å²) in [4.78, 5) is 4.26. The first-order valence-corrected chi connectivity index (χ1v) is 9.03. The van der Waals surface area contributed by atoms with E-state index in [9.17, 15) is 0 Å². The van der Waals surface area contributed by atoms with Gasteiger partial charge >= 0.3 is 0 Å². The predicted octanol–water partition coefficient (Wildman–Crippen LogP) is 4.36. The van der Waals surface area contributed by atoms with Crippen molar-refractivity contribution in [2.24, 2.45) is 0 Å². The molecule has 1 aromatic heterocycles. The summed E-state index contributed by atoms with van der Waals surface area (Å²) in [6.45, 7) is 13.0. The Labute approximate surface area is 128 Å². The summed E-state index contributed by atoms with van der Waals surface area (Å²) in [5.41, 5.74) is 1.68. The van der Waals surface area contributed by atoms with Gasteiger partial charge in [-0.2, -0.15) is 0 Å². The van der Waals surface area contributed by atoms with Gasteiger partial charge < -0.3 is 5.32 Å². The second kappa shape index (κ2) is 7.06. The van der Waals surface area contributed by atoms with E-state index in [0.29, 0.717) is 6.04 Å². The Morgan fingerprint density at radius 1 is 1.35 bits per heavy atom. The van der Waals surface area contributed by atoms with Gasteiger partial charge in [0.1, 0.15) is 0 Å². The molecule has 2 nitrogen and oxygen atoms in total. The van der Waals surface area contributed by atoms with Gasteiger partial charge in [0.2, 0.25) is 0 Å². The van der Waals surface area contributed by atoms with E-state index in [2.05, 4.69) is 49.4 Å². The zero-order chi connectivity index (χ0) is 14.6. The van der Waals surface area contributed by atoms with Crippen molar-refractivity contribution in [3.8, 4) is 0 Å². The van der Waals surface area contributed by atoms with Crippen LogP contribution < -0.4 is 5.32 Å². The lowest BCUT2D eigenvalue weighted by Crippen LogP contribution is -2.53. The summed E-state index contributed by atoms with van der Waals surface area (Å²) in [7, 11) is 0. The fraction of sp³-hybridized carbons (Fsp3) is 0.765. The predicted molar refractivity (Wildman–Crippen MR) is 89.6 cm³/mol. The first-order valence-electron chi connectivity index (χ1n) is 8.16. The first kappa shape index (κ1) is 16.0. The molecule has 3 heteroatoms. The molecule has 0 aromatic carbocycles. The minimum atomic E-state index is 0.237. The molecule has 1 fully saturated rings. The van der Waals surface area contributed by atoms with Gasteiger partial charge in [-0.3, -0.25) is 4.90 Å². The molecule has 0 spiro atoms. The molecule has 20 heavy (non-hydrogen) atoms. The van der Waals surface area contributed by atoms with Gasteiger partial charge in [0.05, 0.1) is 6.04 Å². The van der Waals surface area contributed by atoms with E-state index in [0.717, 1.165) is 6.54 Å². The van der Waals surface area contributed by atoms with Gasteiger partial charge in [-0.05, 0) is 76.2 Å². The number of nitrogens with one attached hydrogen (secondary N) is 1. The van der Waals surface area contributed by atoms with Gasteiger partial charge in [-0.25, -0.2) is 0 Å². The normalized spacial score (nSPS) is 21.0. The number of nitrogens with zero attached hydrogens (tertiary/aromatic N) is 1. The van der Waals surface area contributed by atoms with E-state index < -0.39 is 0 Å². The molecule has 114 valence electrons. The van der Waals surface area contributed by atoms with Crippen LogP contribution in [0.1, 0.15) is 62.9 Å². The maximum absolute atomic E-state index is 3.85. The van der Waals surface area contributed by atoms with E-state index in [1.54, 1.807) is 0 Å². The number of thiophene rings is 1. The summed E-state index contributed by atoms with van der Waals surface area (Å²) in [6, 6.07) is 2.73. The van der Waals surface area contributed by atoms with Gasteiger partial charge in [0.25, 0.3) is 0 Å². The van der Waals surface area contributed by atoms with Gasteiger partial charge in [0, 0.05) is 10.4 Å². The van der Waals surface area contributed by atoms with Crippen LogP contribution in [0, 0.1) is 6.92 Å². The topological polar surface area (TPSA) is 15.3 Å². The molecule has 2 atom stereocenters. The Morgan fingerprint density at radius 3 is 2.55 bits per heavy atom. The minimum absolute atomic E-state index is 0.237. The highest BCUT2D eigenvalue weighted by Gasteiger charge is 2.40. The summed E-state index contributed by atoms with van der Waals surface area (Å²) in [5.74, 6) is 0. The quantitative estimate of drug-likeness (QED) is 0.803. The van der Waals surface area contributed by atoms with Gasteiger partial charge in [-0.15, -0.1) is 11.3 Å². The fourth-order valence-electron chi connectivity index (χ4n) is 3.40. The van der Waals surface area contributed by atoms with Gasteiger partial charge in [0.15, 0.2) is 0 Å². The lowest BCUT2D eigenvalue weighted by molar-refractivity contribution is 0.0851. The van der Waals surface area contributed by atoms with Crippen LogP contribution in [0.3, 0.4) is 0 Å². The lowest BCUT2D eigenvalue weighted by Gasteiger charge is -2.45. The molecule has 0 radical (unpaired) electrons. The highest BCUT2D eigenvalue weighted by Crippen LogP contribution is 2.39. The maximum Gasteiger partial charge on any atom is 0.0601 e. The van der Waals surface area contributed by atoms with E-state index in [1.165, 1.54) is 49.2 Å². The Hall–Kier alpha value is -0.380. The lowest BCUT2D eigenvalue weighted by atomic mass is 9.85. The molecule has 1 aliphatic rings. The van der Waals surface area contributed by atoms with Crippen LogP contribution in [-0.4, -0.2) is 30.1 Å². The monoisotopic (exact) mass is 294 g/mol. The maximum atomic E-state index is 3.85. The third-order valence-electron chi connectivity index (χ3n) is 4.93. The molecule has 2 rings (SSSR count).